The second-order valence-corrected chi connectivity index (χ2v) is 14.8. The van der Waals surface area contributed by atoms with Crippen molar-refractivity contribution >= 4 is 46.2 Å². The number of benzene rings is 3. The zero-order valence-corrected chi connectivity index (χ0v) is 27.6. The van der Waals surface area contributed by atoms with Gasteiger partial charge in [-0.2, -0.15) is 0 Å². The SMILES string of the molecule is CO[C@@H](C)c1ncccc1-c1[nH]c2c(Br)cccc2c1CC(F)(F)CO[Si](c1ccccc1)c1ccc(C(C)(C)C)cc1. The number of pyridine rings is 1. The van der Waals surface area contributed by atoms with E-state index in [9.17, 15) is 0 Å². The highest BCUT2D eigenvalue weighted by Crippen LogP contribution is 2.39. The monoisotopic (exact) mass is 661 g/mol. The van der Waals surface area contributed by atoms with Gasteiger partial charge in [-0.05, 0) is 68.0 Å². The molecule has 1 radical (unpaired) electrons. The molecule has 3 aromatic carbocycles. The molecule has 43 heavy (non-hydrogen) atoms. The first-order chi connectivity index (χ1) is 20.5. The first-order valence-corrected chi connectivity index (χ1v) is 16.5. The number of aromatic amines is 1. The number of para-hydroxylation sites is 1. The third-order valence-electron chi connectivity index (χ3n) is 7.65. The molecule has 0 fully saturated rings. The van der Waals surface area contributed by atoms with Crippen molar-refractivity contribution in [2.24, 2.45) is 0 Å². The fourth-order valence-corrected chi connectivity index (χ4v) is 7.70. The summed E-state index contributed by atoms with van der Waals surface area (Å²) in [4.78, 5) is 7.95. The molecule has 0 aliphatic rings. The van der Waals surface area contributed by atoms with Gasteiger partial charge in [0.2, 0.25) is 0 Å². The van der Waals surface area contributed by atoms with Crippen LogP contribution in [-0.2, 0) is 21.0 Å². The maximum absolute atomic E-state index is 16.1. The van der Waals surface area contributed by atoms with Crippen molar-refractivity contribution in [1.29, 1.82) is 0 Å². The van der Waals surface area contributed by atoms with Crippen molar-refractivity contribution in [2.75, 3.05) is 13.7 Å². The highest BCUT2D eigenvalue weighted by atomic mass is 79.9. The van der Waals surface area contributed by atoms with Gasteiger partial charge in [-0.1, -0.05) is 87.5 Å². The molecule has 5 rings (SSSR count). The minimum atomic E-state index is -3.14. The van der Waals surface area contributed by atoms with Crippen LogP contribution in [0.2, 0.25) is 0 Å². The average molecular weight is 663 g/mol. The van der Waals surface area contributed by atoms with Crippen molar-refractivity contribution in [2.45, 2.75) is 51.6 Å². The lowest BCUT2D eigenvalue weighted by Crippen LogP contribution is -2.47. The largest absolute Gasteiger partial charge is 0.401 e. The van der Waals surface area contributed by atoms with Crippen LogP contribution in [0.1, 0.15) is 50.6 Å². The quantitative estimate of drug-likeness (QED) is 0.154. The Labute approximate surface area is 262 Å². The lowest BCUT2D eigenvalue weighted by molar-refractivity contribution is -0.0397. The van der Waals surface area contributed by atoms with Crippen LogP contribution in [0.15, 0.2) is 95.6 Å². The molecular formula is C35H36BrF2N2O2Si. The van der Waals surface area contributed by atoms with Gasteiger partial charge < -0.3 is 14.1 Å². The van der Waals surface area contributed by atoms with Gasteiger partial charge in [-0.3, -0.25) is 4.98 Å². The Morgan fingerprint density at radius 1 is 0.907 bits per heavy atom. The van der Waals surface area contributed by atoms with Crippen LogP contribution < -0.4 is 10.4 Å². The molecule has 5 aromatic rings. The van der Waals surface area contributed by atoms with Gasteiger partial charge in [-0.25, -0.2) is 8.78 Å². The smallest absolute Gasteiger partial charge is 0.283 e. The van der Waals surface area contributed by atoms with E-state index in [1.807, 2.05) is 79.7 Å². The predicted octanol–water partition coefficient (Wildman–Crippen LogP) is 8.00. The van der Waals surface area contributed by atoms with Crippen LogP contribution in [0, 0.1) is 0 Å². The first kappa shape index (κ1) is 31.3. The van der Waals surface area contributed by atoms with E-state index in [0.717, 1.165) is 31.3 Å². The number of ether oxygens (including phenoxy) is 1. The molecule has 4 nitrogen and oxygen atoms in total. The topological polar surface area (TPSA) is 47.1 Å². The molecule has 0 amide bonds. The standard InChI is InChI=1S/C35H36BrF2N2O2Si/c1-23(41-5)31-28(14-10-20-39-31)32-29(27-13-9-15-30(36)33(27)40-32)21-35(37,38)22-42-43(25-11-7-6-8-12-25)26-18-16-24(17-19-26)34(2,3)4/h6-20,23,40H,21-22H2,1-5H3/t23-/m0/s1. The van der Waals surface area contributed by atoms with Crippen molar-refractivity contribution < 1.29 is 17.9 Å². The van der Waals surface area contributed by atoms with Crippen molar-refractivity contribution in [3.05, 3.63) is 112 Å². The summed E-state index contributed by atoms with van der Waals surface area (Å²) in [5.74, 6) is -3.14. The molecule has 8 heteroatoms. The van der Waals surface area contributed by atoms with Gasteiger partial charge in [0.1, 0.15) is 0 Å². The molecule has 1 atom stereocenters. The molecule has 0 unspecified atom stereocenters. The van der Waals surface area contributed by atoms with Crippen molar-refractivity contribution in [3.8, 4) is 11.3 Å². The summed E-state index contributed by atoms with van der Waals surface area (Å²) in [6.07, 6.45) is 0.876. The number of hydrogen-bond donors (Lipinski definition) is 1. The number of rotatable bonds is 10. The van der Waals surface area contributed by atoms with Gasteiger partial charge in [0.25, 0.3) is 15.0 Å². The summed E-state index contributed by atoms with van der Waals surface area (Å²) in [6.45, 7) is 7.66. The van der Waals surface area contributed by atoms with Crippen LogP contribution in [-0.4, -0.2) is 38.6 Å². The maximum Gasteiger partial charge on any atom is 0.283 e. The van der Waals surface area contributed by atoms with E-state index in [1.165, 1.54) is 5.56 Å². The summed E-state index contributed by atoms with van der Waals surface area (Å²) in [7, 11) is -0.314. The number of halogens is 3. The number of fused-ring (bicyclic) bond motifs is 1. The number of nitrogens with zero attached hydrogens (tertiary/aromatic N) is 1. The average Bonchev–Trinajstić information content (AvgIpc) is 3.35. The Balaban J connectivity index is 1.49. The van der Waals surface area contributed by atoms with Crippen LogP contribution in [0.4, 0.5) is 8.78 Å². The van der Waals surface area contributed by atoms with Gasteiger partial charge in [0.15, 0.2) is 0 Å². The number of aromatic nitrogens is 2. The van der Waals surface area contributed by atoms with E-state index < -0.39 is 28.0 Å². The number of alkyl halides is 2. The molecule has 2 aromatic heterocycles. The molecule has 0 spiro atoms. The molecule has 0 aliphatic carbocycles. The van der Waals surface area contributed by atoms with Crippen LogP contribution in [0.5, 0.6) is 0 Å². The van der Waals surface area contributed by atoms with Crippen molar-refractivity contribution in [3.63, 3.8) is 0 Å². The zero-order chi connectivity index (χ0) is 30.8. The van der Waals surface area contributed by atoms with E-state index in [4.69, 9.17) is 9.16 Å². The van der Waals surface area contributed by atoms with E-state index >= 15 is 8.78 Å². The molecule has 0 saturated heterocycles. The minimum Gasteiger partial charge on any atom is -0.401 e. The van der Waals surface area contributed by atoms with Crippen LogP contribution in [0.25, 0.3) is 22.2 Å². The lowest BCUT2D eigenvalue weighted by Gasteiger charge is -2.23. The first-order valence-electron chi connectivity index (χ1n) is 14.3. The third-order valence-corrected chi connectivity index (χ3v) is 10.5. The van der Waals surface area contributed by atoms with Gasteiger partial charge >= 0.3 is 0 Å². The summed E-state index contributed by atoms with van der Waals surface area (Å²) >= 11 is 3.60. The summed E-state index contributed by atoms with van der Waals surface area (Å²) in [5, 5.41) is 2.60. The molecular weight excluding hydrogens is 626 g/mol. The molecule has 0 aliphatic heterocycles. The highest BCUT2D eigenvalue weighted by molar-refractivity contribution is 9.10. The summed E-state index contributed by atoms with van der Waals surface area (Å²) in [6, 6.07) is 27.2. The maximum atomic E-state index is 16.1. The minimum absolute atomic E-state index is 0.00666. The van der Waals surface area contributed by atoms with E-state index in [2.05, 4.69) is 58.8 Å². The lowest BCUT2D eigenvalue weighted by atomic mass is 9.87. The van der Waals surface area contributed by atoms with Crippen molar-refractivity contribution in [1.82, 2.24) is 9.97 Å². The Morgan fingerprint density at radius 2 is 1.60 bits per heavy atom. The Hall–Kier alpha value is -3.17. The Kier molecular flexibility index (Phi) is 9.32. The van der Waals surface area contributed by atoms with Crippen LogP contribution in [0.3, 0.4) is 0 Å². The van der Waals surface area contributed by atoms with Gasteiger partial charge in [0, 0.05) is 35.1 Å². The number of methoxy groups -OCH3 is 1. The molecule has 0 bridgehead atoms. The number of H-pyrrole nitrogens is 1. The fraction of sp³-hybridized carbons (Fsp3) is 0.286. The van der Waals surface area contributed by atoms with Crippen LogP contribution >= 0.6 is 15.9 Å². The number of hydrogen-bond acceptors (Lipinski definition) is 3. The summed E-state index contributed by atoms with van der Waals surface area (Å²) < 4.78 is 44.7. The highest BCUT2D eigenvalue weighted by Gasteiger charge is 2.35. The third kappa shape index (κ3) is 6.98. The van der Waals surface area contributed by atoms with E-state index in [1.54, 1.807) is 13.3 Å². The normalized spacial score (nSPS) is 13.1. The van der Waals surface area contributed by atoms with Gasteiger partial charge in [0.05, 0.1) is 29.6 Å². The van der Waals surface area contributed by atoms with E-state index in [-0.39, 0.29) is 11.5 Å². The van der Waals surface area contributed by atoms with E-state index in [0.29, 0.717) is 17.0 Å². The second kappa shape index (κ2) is 12.8. The molecule has 223 valence electrons. The fourth-order valence-electron chi connectivity index (χ4n) is 5.25. The molecule has 0 saturated carbocycles. The molecule has 2 heterocycles. The second-order valence-electron chi connectivity index (χ2n) is 11.8. The number of nitrogens with one attached hydrogen (secondary N) is 1. The summed E-state index contributed by atoms with van der Waals surface area (Å²) in [5.41, 5.74) is 4.49. The Bertz CT molecular complexity index is 1680. The van der Waals surface area contributed by atoms with Gasteiger partial charge in [-0.15, -0.1) is 0 Å². The molecule has 1 N–H and O–H groups in total. The predicted molar refractivity (Wildman–Crippen MR) is 176 cm³/mol. The zero-order valence-electron chi connectivity index (χ0n) is 25.0. The Morgan fingerprint density at radius 3 is 2.28 bits per heavy atom.